The van der Waals surface area contributed by atoms with Crippen LogP contribution in [0.5, 0.6) is 0 Å². The van der Waals surface area contributed by atoms with Crippen molar-refractivity contribution in [3.8, 4) is 6.07 Å². The normalized spacial score (nSPS) is 11.5. The monoisotopic (exact) mass is 280 g/mol. The van der Waals surface area contributed by atoms with Gasteiger partial charge in [-0.25, -0.2) is 0 Å². The van der Waals surface area contributed by atoms with Gasteiger partial charge in [-0.15, -0.1) is 0 Å². The van der Waals surface area contributed by atoms with Crippen LogP contribution in [0.25, 0.3) is 0 Å². The number of amides is 1. The molecule has 0 aliphatic carbocycles. The van der Waals surface area contributed by atoms with Gasteiger partial charge in [-0.2, -0.15) is 5.26 Å². The molecule has 2 N–H and O–H groups in total. The number of nitrogens with zero attached hydrogens (tertiary/aromatic N) is 1. The molecule has 1 amide bonds. The van der Waals surface area contributed by atoms with Crippen molar-refractivity contribution in [3.63, 3.8) is 0 Å². The van der Waals surface area contributed by atoms with E-state index in [0.29, 0.717) is 11.1 Å². The fourth-order valence-electron chi connectivity index (χ4n) is 1.93. The van der Waals surface area contributed by atoms with Crippen molar-refractivity contribution < 1.29 is 9.90 Å². The average molecular weight is 280 g/mol. The zero-order valence-electron chi connectivity index (χ0n) is 11.7. The number of aryl methyl sites for hydroxylation is 1. The molecule has 1 atom stereocenters. The van der Waals surface area contributed by atoms with Crippen molar-refractivity contribution in [1.29, 1.82) is 5.26 Å². The SMILES string of the molecule is Cc1ccc([C@H](O)CNC(=O)c2cccc(C#N)c2)cc1. The zero-order chi connectivity index (χ0) is 15.2. The van der Waals surface area contributed by atoms with Gasteiger partial charge in [0.2, 0.25) is 0 Å². The number of aliphatic hydroxyl groups excluding tert-OH is 1. The zero-order valence-corrected chi connectivity index (χ0v) is 11.7. The Labute approximate surface area is 123 Å². The van der Waals surface area contributed by atoms with Gasteiger partial charge in [-0.1, -0.05) is 35.9 Å². The van der Waals surface area contributed by atoms with Crippen molar-refractivity contribution in [1.82, 2.24) is 5.32 Å². The lowest BCUT2D eigenvalue weighted by molar-refractivity contribution is 0.0916. The minimum absolute atomic E-state index is 0.124. The molecule has 0 aliphatic rings. The van der Waals surface area contributed by atoms with Gasteiger partial charge >= 0.3 is 0 Å². The summed E-state index contributed by atoms with van der Waals surface area (Å²) in [6, 6.07) is 15.9. The Kier molecular flexibility index (Phi) is 4.70. The first-order chi connectivity index (χ1) is 10.1. The highest BCUT2D eigenvalue weighted by Gasteiger charge is 2.11. The molecule has 2 aromatic rings. The van der Waals surface area contributed by atoms with Gasteiger partial charge in [-0.3, -0.25) is 4.79 Å². The summed E-state index contributed by atoms with van der Waals surface area (Å²) in [5.74, 6) is -0.307. The van der Waals surface area contributed by atoms with Crippen molar-refractivity contribution in [2.75, 3.05) is 6.54 Å². The Morgan fingerprint density at radius 1 is 1.29 bits per heavy atom. The van der Waals surface area contributed by atoms with E-state index in [9.17, 15) is 9.90 Å². The van der Waals surface area contributed by atoms with Crippen molar-refractivity contribution in [2.24, 2.45) is 0 Å². The van der Waals surface area contributed by atoms with Gasteiger partial charge in [0.25, 0.3) is 5.91 Å². The fourth-order valence-corrected chi connectivity index (χ4v) is 1.93. The predicted molar refractivity (Wildman–Crippen MR) is 79.6 cm³/mol. The molecule has 0 bridgehead atoms. The van der Waals surface area contributed by atoms with E-state index in [1.165, 1.54) is 6.07 Å². The lowest BCUT2D eigenvalue weighted by Crippen LogP contribution is -2.28. The maximum absolute atomic E-state index is 12.0. The van der Waals surface area contributed by atoms with Crippen LogP contribution in [0.15, 0.2) is 48.5 Å². The van der Waals surface area contributed by atoms with Gasteiger partial charge in [0.1, 0.15) is 0 Å². The third kappa shape index (κ3) is 3.91. The van der Waals surface area contributed by atoms with Crippen LogP contribution in [0.4, 0.5) is 0 Å². The summed E-state index contributed by atoms with van der Waals surface area (Å²) < 4.78 is 0. The van der Waals surface area contributed by atoms with Crippen LogP contribution in [0.3, 0.4) is 0 Å². The molecule has 21 heavy (non-hydrogen) atoms. The quantitative estimate of drug-likeness (QED) is 0.902. The standard InChI is InChI=1S/C17H16N2O2/c1-12-5-7-14(8-6-12)16(20)11-19-17(21)15-4-2-3-13(9-15)10-18/h2-9,16,20H,11H2,1H3,(H,19,21)/t16-/m1/s1. The second-order valence-corrected chi connectivity index (χ2v) is 4.83. The Bertz CT molecular complexity index is 672. The molecule has 0 saturated heterocycles. The molecule has 4 heteroatoms. The molecule has 0 saturated carbocycles. The Morgan fingerprint density at radius 2 is 2.00 bits per heavy atom. The molecular weight excluding hydrogens is 264 g/mol. The molecule has 0 aromatic heterocycles. The number of benzene rings is 2. The summed E-state index contributed by atoms with van der Waals surface area (Å²) in [4.78, 5) is 12.0. The number of nitriles is 1. The highest BCUT2D eigenvalue weighted by molar-refractivity contribution is 5.94. The van der Waals surface area contributed by atoms with Gasteiger partial charge in [-0.05, 0) is 30.7 Å². The highest BCUT2D eigenvalue weighted by Crippen LogP contribution is 2.13. The molecule has 2 aromatic carbocycles. The lowest BCUT2D eigenvalue weighted by Gasteiger charge is -2.12. The molecule has 0 radical (unpaired) electrons. The largest absolute Gasteiger partial charge is 0.387 e. The number of aliphatic hydroxyl groups is 1. The molecule has 2 rings (SSSR count). The first-order valence-electron chi connectivity index (χ1n) is 6.63. The van der Waals surface area contributed by atoms with E-state index >= 15 is 0 Å². The maximum atomic E-state index is 12.0. The molecule has 0 heterocycles. The first-order valence-corrected chi connectivity index (χ1v) is 6.63. The number of carbonyl (C=O) groups is 1. The van der Waals surface area contributed by atoms with E-state index in [1.807, 2.05) is 37.3 Å². The van der Waals surface area contributed by atoms with E-state index in [0.717, 1.165) is 11.1 Å². The summed E-state index contributed by atoms with van der Waals surface area (Å²) in [6.45, 7) is 2.10. The van der Waals surface area contributed by atoms with E-state index in [2.05, 4.69) is 5.32 Å². The molecule has 4 nitrogen and oxygen atoms in total. The highest BCUT2D eigenvalue weighted by atomic mass is 16.3. The molecule has 106 valence electrons. The van der Waals surface area contributed by atoms with Crippen LogP contribution in [0.2, 0.25) is 0 Å². The topological polar surface area (TPSA) is 73.1 Å². The van der Waals surface area contributed by atoms with Crippen molar-refractivity contribution in [3.05, 3.63) is 70.8 Å². The third-order valence-corrected chi connectivity index (χ3v) is 3.17. The van der Waals surface area contributed by atoms with Crippen LogP contribution < -0.4 is 5.32 Å². The van der Waals surface area contributed by atoms with E-state index in [4.69, 9.17) is 5.26 Å². The molecule has 0 fully saturated rings. The first kappa shape index (κ1) is 14.8. The number of hydrogen-bond donors (Lipinski definition) is 2. The smallest absolute Gasteiger partial charge is 0.251 e. The number of nitrogens with one attached hydrogen (secondary N) is 1. The number of rotatable bonds is 4. The summed E-state index contributed by atoms with van der Waals surface area (Å²) in [5.41, 5.74) is 2.71. The van der Waals surface area contributed by atoms with Gasteiger partial charge in [0.15, 0.2) is 0 Å². The molecule has 0 aliphatic heterocycles. The minimum Gasteiger partial charge on any atom is -0.387 e. The van der Waals surface area contributed by atoms with Crippen LogP contribution >= 0.6 is 0 Å². The summed E-state index contributed by atoms with van der Waals surface area (Å²) in [7, 11) is 0. The lowest BCUT2D eigenvalue weighted by atomic mass is 10.1. The van der Waals surface area contributed by atoms with E-state index in [-0.39, 0.29) is 12.5 Å². The summed E-state index contributed by atoms with van der Waals surface area (Å²) in [6.07, 6.45) is -0.756. The van der Waals surface area contributed by atoms with Gasteiger partial charge in [0.05, 0.1) is 17.7 Å². The number of hydrogen-bond acceptors (Lipinski definition) is 3. The second kappa shape index (κ2) is 6.69. The third-order valence-electron chi connectivity index (χ3n) is 3.17. The minimum atomic E-state index is -0.756. The van der Waals surface area contributed by atoms with Gasteiger partial charge in [0, 0.05) is 12.1 Å². The van der Waals surface area contributed by atoms with E-state index < -0.39 is 6.10 Å². The summed E-state index contributed by atoms with van der Waals surface area (Å²) >= 11 is 0. The van der Waals surface area contributed by atoms with Crippen LogP contribution in [-0.4, -0.2) is 17.6 Å². The van der Waals surface area contributed by atoms with Crippen LogP contribution in [0.1, 0.15) is 33.2 Å². The Morgan fingerprint density at radius 3 is 2.67 bits per heavy atom. The molecule has 0 spiro atoms. The van der Waals surface area contributed by atoms with E-state index in [1.54, 1.807) is 18.2 Å². The van der Waals surface area contributed by atoms with Crippen molar-refractivity contribution in [2.45, 2.75) is 13.0 Å². The Balaban J connectivity index is 1.97. The van der Waals surface area contributed by atoms with Crippen LogP contribution in [0, 0.1) is 18.3 Å². The molecule has 0 unspecified atom stereocenters. The second-order valence-electron chi connectivity index (χ2n) is 4.83. The maximum Gasteiger partial charge on any atom is 0.251 e. The number of carbonyl (C=O) groups excluding carboxylic acids is 1. The molecular formula is C17H16N2O2. The predicted octanol–water partition coefficient (Wildman–Crippen LogP) is 2.33. The van der Waals surface area contributed by atoms with Crippen LogP contribution in [-0.2, 0) is 0 Å². The van der Waals surface area contributed by atoms with Crippen molar-refractivity contribution >= 4 is 5.91 Å². The Hall–Kier alpha value is -2.64. The fraction of sp³-hybridized carbons (Fsp3) is 0.176. The van der Waals surface area contributed by atoms with Gasteiger partial charge < -0.3 is 10.4 Å². The average Bonchev–Trinajstić information content (AvgIpc) is 2.53. The summed E-state index contributed by atoms with van der Waals surface area (Å²) in [5, 5.41) is 21.5.